The highest BCUT2D eigenvalue weighted by molar-refractivity contribution is 7.99. The number of benzene rings is 1. The molecule has 0 saturated carbocycles. The number of fused-ring (bicyclic) bond motifs is 1. The van der Waals surface area contributed by atoms with Crippen LogP contribution in [-0.4, -0.2) is 36.2 Å². The number of thioether (sulfide) groups is 1. The number of carbonyl (C=O) groups is 1. The molecule has 1 amide bonds. The van der Waals surface area contributed by atoms with E-state index in [1.807, 2.05) is 16.7 Å². The molecule has 0 bridgehead atoms. The van der Waals surface area contributed by atoms with Crippen molar-refractivity contribution in [1.29, 1.82) is 0 Å². The SMILES string of the molecule is O=C(CCNC1CCSc2ccccc21)N1CCCCC1. The van der Waals surface area contributed by atoms with E-state index in [0.717, 1.165) is 31.8 Å². The van der Waals surface area contributed by atoms with Gasteiger partial charge in [0.2, 0.25) is 5.91 Å². The van der Waals surface area contributed by atoms with Crippen molar-refractivity contribution in [2.45, 2.75) is 43.0 Å². The van der Waals surface area contributed by atoms with Crippen LogP contribution in [0.1, 0.15) is 43.7 Å². The van der Waals surface area contributed by atoms with E-state index < -0.39 is 0 Å². The standard InChI is InChI=1S/C17H24N2OS/c20-17(19-11-4-1-5-12-19)8-10-18-15-9-13-21-16-7-3-2-6-14(15)16/h2-3,6-7,15,18H,1,4-5,8-13H2. The van der Waals surface area contributed by atoms with E-state index in [1.165, 1.54) is 29.7 Å². The number of hydrogen-bond acceptors (Lipinski definition) is 3. The van der Waals surface area contributed by atoms with Crippen LogP contribution in [0.2, 0.25) is 0 Å². The molecule has 0 aromatic heterocycles. The lowest BCUT2D eigenvalue weighted by Crippen LogP contribution is -2.37. The van der Waals surface area contributed by atoms with Gasteiger partial charge in [0.15, 0.2) is 0 Å². The highest BCUT2D eigenvalue weighted by Crippen LogP contribution is 2.35. The maximum atomic E-state index is 12.2. The molecular formula is C17H24N2OS. The molecule has 4 heteroatoms. The summed E-state index contributed by atoms with van der Waals surface area (Å²) >= 11 is 1.94. The van der Waals surface area contributed by atoms with E-state index in [2.05, 4.69) is 29.6 Å². The Labute approximate surface area is 131 Å². The van der Waals surface area contributed by atoms with Gasteiger partial charge in [-0.05, 0) is 43.1 Å². The van der Waals surface area contributed by atoms with Crippen LogP contribution >= 0.6 is 11.8 Å². The molecular weight excluding hydrogens is 280 g/mol. The molecule has 2 aliphatic rings. The van der Waals surface area contributed by atoms with Gasteiger partial charge in [-0.3, -0.25) is 4.79 Å². The minimum atomic E-state index is 0.320. The molecule has 2 heterocycles. The summed E-state index contributed by atoms with van der Waals surface area (Å²) in [6, 6.07) is 9.04. The van der Waals surface area contributed by atoms with Crippen molar-refractivity contribution in [3.8, 4) is 0 Å². The lowest BCUT2D eigenvalue weighted by atomic mass is 10.0. The predicted octanol–water partition coefficient (Wildman–Crippen LogP) is 3.22. The quantitative estimate of drug-likeness (QED) is 0.927. The molecule has 0 spiro atoms. The Bertz CT molecular complexity index is 485. The number of likely N-dealkylation sites (tertiary alicyclic amines) is 1. The van der Waals surface area contributed by atoms with Crippen LogP contribution in [-0.2, 0) is 4.79 Å². The highest BCUT2D eigenvalue weighted by Gasteiger charge is 2.21. The second-order valence-electron chi connectivity index (χ2n) is 5.87. The molecule has 1 aromatic carbocycles. The van der Waals surface area contributed by atoms with Gasteiger partial charge in [-0.1, -0.05) is 18.2 Å². The first kappa shape index (κ1) is 14.9. The van der Waals surface area contributed by atoms with Gasteiger partial charge in [0, 0.05) is 37.0 Å². The average Bonchev–Trinajstić information content (AvgIpc) is 2.56. The number of rotatable bonds is 4. The normalized spacial score (nSPS) is 21.9. The Morgan fingerprint density at radius 3 is 2.90 bits per heavy atom. The third kappa shape index (κ3) is 3.80. The lowest BCUT2D eigenvalue weighted by molar-refractivity contribution is -0.132. The van der Waals surface area contributed by atoms with Crippen LogP contribution in [0.4, 0.5) is 0 Å². The largest absolute Gasteiger partial charge is 0.343 e. The summed E-state index contributed by atoms with van der Waals surface area (Å²) in [6.07, 6.45) is 5.41. The van der Waals surface area contributed by atoms with Crippen LogP contribution in [0.15, 0.2) is 29.2 Å². The maximum Gasteiger partial charge on any atom is 0.223 e. The summed E-state index contributed by atoms with van der Waals surface area (Å²) in [5, 5.41) is 3.59. The van der Waals surface area contributed by atoms with Gasteiger partial charge >= 0.3 is 0 Å². The van der Waals surface area contributed by atoms with Crippen molar-refractivity contribution in [3.63, 3.8) is 0 Å². The van der Waals surface area contributed by atoms with E-state index in [0.29, 0.717) is 18.4 Å². The van der Waals surface area contributed by atoms with E-state index in [9.17, 15) is 4.79 Å². The smallest absolute Gasteiger partial charge is 0.223 e. The van der Waals surface area contributed by atoms with E-state index in [-0.39, 0.29) is 0 Å². The number of hydrogen-bond donors (Lipinski definition) is 1. The number of amides is 1. The molecule has 1 aromatic rings. The molecule has 1 unspecified atom stereocenters. The first-order valence-corrected chi connectivity index (χ1v) is 9.06. The first-order chi connectivity index (χ1) is 10.3. The van der Waals surface area contributed by atoms with Crippen LogP contribution in [0.5, 0.6) is 0 Å². The summed E-state index contributed by atoms with van der Waals surface area (Å²) in [6.45, 7) is 2.71. The van der Waals surface area contributed by atoms with Gasteiger partial charge in [-0.2, -0.15) is 0 Å². The van der Waals surface area contributed by atoms with Crippen molar-refractivity contribution < 1.29 is 4.79 Å². The average molecular weight is 304 g/mol. The van der Waals surface area contributed by atoms with Gasteiger partial charge in [0.1, 0.15) is 0 Å². The molecule has 1 atom stereocenters. The first-order valence-electron chi connectivity index (χ1n) is 8.07. The van der Waals surface area contributed by atoms with Crippen LogP contribution < -0.4 is 5.32 Å². The summed E-state index contributed by atoms with van der Waals surface area (Å²) in [5.74, 6) is 1.48. The Morgan fingerprint density at radius 1 is 1.24 bits per heavy atom. The summed E-state index contributed by atoms with van der Waals surface area (Å²) in [7, 11) is 0. The molecule has 21 heavy (non-hydrogen) atoms. The Balaban J connectivity index is 1.48. The number of piperidine rings is 1. The molecule has 1 saturated heterocycles. The van der Waals surface area contributed by atoms with Crippen molar-refractivity contribution >= 4 is 17.7 Å². The predicted molar refractivity (Wildman–Crippen MR) is 87.6 cm³/mol. The second-order valence-corrected chi connectivity index (χ2v) is 7.01. The highest BCUT2D eigenvalue weighted by atomic mass is 32.2. The second kappa shape index (κ2) is 7.32. The van der Waals surface area contributed by atoms with Crippen molar-refractivity contribution in [2.75, 3.05) is 25.4 Å². The van der Waals surface area contributed by atoms with Crippen molar-refractivity contribution in [2.24, 2.45) is 0 Å². The number of nitrogens with zero attached hydrogens (tertiary/aromatic N) is 1. The van der Waals surface area contributed by atoms with Gasteiger partial charge in [-0.15, -0.1) is 11.8 Å². The molecule has 114 valence electrons. The summed E-state index contributed by atoms with van der Waals surface area (Å²) in [4.78, 5) is 15.6. The zero-order valence-corrected chi connectivity index (χ0v) is 13.3. The number of nitrogens with one attached hydrogen (secondary N) is 1. The summed E-state index contributed by atoms with van der Waals surface area (Å²) in [5.41, 5.74) is 1.40. The monoisotopic (exact) mass is 304 g/mol. The minimum absolute atomic E-state index is 0.320. The fourth-order valence-corrected chi connectivity index (χ4v) is 4.33. The lowest BCUT2D eigenvalue weighted by Gasteiger charge is -2.28. The molecule has 0 radical (unpaired) electrons. The minimum Gasteiger partial charge on any atom is -0.343 e. The molecule has 0 aliphatic carbocycles. The molecule has 3 nitrogen and oxygen atoms in total. The van der Waals surface area contributed by atoms with Crippen LogP contribution in [0, 0.1) is 0 Å². The van der Waals surface area contributed by atoms with E-state index in [4.69, 9.17) is 0 Å². The zero-order valence-electron chi connectivity index (χ0n) is 12.5. The summed E-state index contributed by atoms with van der Waals surface area (Å²) < 4.78 is 0. The molecule has 1 fully saturated rings. The third-order valence-electron chi connectivity index (χ3n) is 4.40. The Hall–Kier alpha value is -1.00. The molecule has 2 aliphatic heterocycles. The molecule has 1 N–H and O–H groups in total. The zero-order chi connectivity index (χ0) is 14.5. The Morgan fingerprint density at radius 2 is 2.05 bits per heavy atom. The third-order valence-corrected chi connectivity index (χ3v) is 5.52. The van der Waals surface area contributed by atoms with Crippen molar-refractivity contribution in [1.82, 2.24) is 10.2 Å². The van der Waals surface area contributed by atoms with Crippen LogP contribution in [0.3, 0.4) is 0 Å². The van der Waals surface area contributed by atoms with Crippen LogP contribution in [0.25, 0.3) is 0 Å². The number of carbonyl (C=O) groups excluding carboxylic acids is 1. The Kier molecular flexibility index (Phi) is 5.20. The van der Waals surface area contributed by atoms with Gasteiger partial charge in [-0.25, -0.2) is 0 Å². The fraction of sp³-hybridized carbons (Fsp3) is 0.588. The topological polar surface area (TPSA) is 32.3 Å². The fourth-order valence-electron chi connectivity index (χ4n) is 3.21. The molecule has 3 rings (SSSR count). The van der Waals surface area contributed by atoms with Gasteiger partial charge in [0.25, 0.3) is 0 Å². The van der Waals surface area contributed by atoms with E-state index >= 15 is 0 Å². The van der Waals surface area contributed by atoms with E-state index in [1.54, 1.807) is 0 Å². The van der Waals surface area contributed by atoms with Gasteiger partial charge < -0.3 is 10.2 Å². The maximum absolute atomic E-state index is 12.2. The van der Waals surface area contributed by atoms with Crippen molar-refractivity contribution in [3.05, 3.63) is 29.8 Å². The van der Waals surface area contributed by atoms with Gasteiger partial charge in [0.05, 0.1) is 0 Å².